The Kier molecular flexibility index (Phi) is 6.40. The van der Waals surface area contributed by atoms with Crippen molar-refractivity contribution in [2.45, 2.75) is 25.3 Å². The monoisotopic (exact) mass is 383 g/mol. The molecule has 1 saturated heterocycles. The molecule has 5 nitrogen and oxygen atoms in total. The summed E-state index contributed by atoms with van der Waals surface area (Å²) in [5.74, 6) is 0.488. The van der Waals surface area contributed by atoms with E-state index in [0.29, 0.717) is 25.4 Å². The van der Waals surface area contributed by atoms with E-state index < -0.39 is 0 Å². The number of carbonyl (C=O) groups is 2. The number of carbonyl (C=O) groups excluding carboxylic acids is 2. The lowest BCUT2D eigenvalue weighted by Crippen LogP contribution is -2.47. The summed E-state index contributed by atoms with van der Waals surface area (Å²) in [5.41, 5.74) is 4.48. The molecule has 2 aromatic carbocycles. The van der Waals surface area contributed by atoms with Gasteiger partial charge in [-0.05, 0) is 43.2 Å². The van der Waals surface area contributed by atoms with Gasteiger partial charge in [-0.15, -0.1) is 11.8 Å². The van der Waals surface area contributed by atoms with Gasteiger partial charge in [-0.1, -0.05) is 29.8 Å². The van der Waals surface area contributed by atoms with E-state index in [-0.39, 0.29) is 11.8 Å². The molecule has 0 radical (unpaired) electrons. The Morgan fingerprint density at radius 1 is 1.19 bits per heavy atom. The molecular formula is C21H25N3O2S. The molecule has 6 heteroatoms. The Labute approximate surface area is 164 Å². The minimum absolute atomic E-state index is 0.0256. The van der Waals surface area contributed by atoms with Gasteiger partial charge in [0.05, 0.1) is 12.3 Å². The second-order valence-electron chi connectivity index (χ2n) is 6.77. The van der Waals surface area contributed by atoms with Gasteiger partial charge in [0.2, 0.25) is 11.8 Å². The Hall–Kier alpha value is -2.47. The first-order valence-corrected chi connectivity index (χ1v) is 10.1. The van der Waals surface area contributed by atoms with Crippen LogP contribution in [-0.2, 0) is 16.1 Å². The topological polar surface area (TPSA) is 61.4 Å². The van der Waals surface area contributed by atoms with E-state index in [2.05, 4.69) is 47.6 Å². The minimum Gasteiger partial charge on any atom is -0.360 e. The van der Waals surface area contributed by atoms with Gasteiger partial charge in [-0.25, -0.2) is 0 Å². The summed E-state index contributed by atoms with van der Waals surface area (Å²) in [4.78, 5) is 26.9. The molecule has 2 aromatic rings. The van der Waals surface area contributed by atoms with E-state index in [9.17, 15) is 9.59 Å². The van der Waals surface area contributed by atoms with Crippen LogP contribution in [0, 0.1) is 13.8 Å². The zero-order chi connectivity index (χ0) is 19.2. The molecule has 2 amide bonds. The third kappa shape index (κ3) is 5.50. The van der Waals surface area contributed by atoms with Crippen molar-refractivity contribution >= 4 is 29.3 Å². The van der Waals surface area contributed by atoms with Crippen molar-refractivity contribution in [3.63, 3.8) is 0 Å². The molecule has 0 atom stereocenters. The van der Waals surface area contributed by atoms with Gasteiger partial charge in [-0.3, -0.25) is 9.59 Å². The molecule has 0 saturated carbocycles. The highest BCUT2D eigenvalue weighted by atomic mass is 32.2. The molecule has 27 heavy (non-hydrogen) atoms. The van der Waals surface area contributed by atoms with Crippen LogP contribution in [-0.4, -0.2) is 37.2 Å². The number of thioether (sulfide) groups is 1. The smallest absolute Gasteiger partial charge is 0.239 e. The van der Waals surface area contributed by atoms with Gasteiger partial charge < -0.3 is 15.5 Å². The van der Waals surface area contributed by atoms with E-state index >= 15 is 0 Å². The van der Waals surface area contributed by atoms with Crippen LogP contribution < -0.4 is 15.5 Å². The maximum Gasteiger partial charge on any atom is 0.239 e. The molecule has 3 rings (SSSR count). The highest BCUT2D eigenvalue weighted by molar-refractivity contribution is 8.00. The predicted octanol–water partition coefficient (Wildman–Crippen LogP) is 2.65. The molecule has 1 heterocycles. The first kappa shape index (κ1) is 19.3. The van der Waals surface area contributed by atoms with Crippen molar-refractivity contribution in [3.05, 3.63) is 59.2 Å². The van der Waals surface area contributed by atoms with Crippen LogP contribution in [0.25, 0.3) is 0 Å². The van der Waals surface area contributed by atoms with Crippen LogP contribution >= 0.6 is 11.8 Å². The van der Waals surface area contributed by atoms with E-state index in [4.69, 9.17) is 0 Å². The molecule has 0 spiro atoms. The van der Waals surface area contributed by atoms with Crippen molar-refractivity contribution in [2.24, 2.45) is 0 Å². The molecule has 1 aliphatic rings. The molecule has 2 N–H and O–H groups in total. The molecule has 0 aromatic heterocycles. The first-order valence-electron chi connectivity index (χ1n) is 9.08. The number of benzene rings is 2. The van der Waals surface area contributed by atoms with Crippen molar-refractivity contribution in [2.75, 3.05) is 30.3 Å². The third-order valence-electron chi connectivity index (χ3n) is 4.53. The summed E-state index contributed by atoms with van der Waals surface area (Å²) < 4.78 is 0. The summed E-state index contributed by atoms with van der Waals surface area (Å²) >= 11 is 1.57. The Bertz CT molecular complexity index is 821. The highest BCUT2D eigenvalue weighted by Gasteiger charge is 2.16. The van der Waals surface area contributed by atoms with Crippen LogP contribution in [0.4, 0.5) is 5.69 Å². The number of nitrogens with zero attached hydrogens (tertiary/aromatic N) is 1. The number of anilines is 1. The van der Waals surface area contributed by atoms with Crippen LogP contribution in [0.15, 0.2) is 47.4 Å². The molecule has 142 valence electrons. The van der Waals surface area contributed by atoms with Crippen molar-refractivity contribution in [1.82, 2.24) is 10.6 Å². The Morgan fingerprint density at radius 2 is 1.96 bits per heavy atom. The zero-order valence-electron chi connectivity index (χ0n) is 15.7. The lowest BCUT2D eigenvalue weighted by Gasteiger charge is -2.28. The number of amides is 2. The largest absolute Gasteiger partial charge is 0.360 e. The van der Waals surface area contributed by atoms with E-state index in [1.165, 1.54) is 11.1 Å². The normalized spacial score (nSPS) is 14.0. The second-order valence-corrected chi connectivity index (χ2v) is 7.79. The average Bonchev–Trinajstić information content (AvgIpc) is 2.67. The lowest BCUT2D eigenvalue weighted by atomic mass is 10.2. The fourth-order valence-corrected chi connectivity index (χ4v) is 3.89. The van der Waals surface area contributed by atoms with Gasteiger partial charge in [0, 0.05) is 30.2 Å². The van der Waals surface area contributed by atoms with Crippen molar-refractivity contribution in [3.8, 4) is 0 Å². The quantitative estimate of drug-likeness (QED) is 0.753. The van der Waals surface area contributed by atoms with Crippen LogP contribution in [0.2, 0.25) is 0 Å². The maximum atomic E-state index is 12.2. The van der Waals surface area contributed by atoms with Crippen molar-refractivity contribution < 1.29 is 9.59 Å². The number of nitrogens with one attached hydrogen (secondary N) is 2. The van der Waals surface area contributed by atoms with Gasteiger partial charge in [0.25, 0.3) is 0 Å². The minimum atomic E-state index is 0.0256. The zero-order valence-corrected chi connectivity index (χ0v) is 16.6. The number of aryl methyl sites for hydroxylation is 2. The van der Waals surface area contributed by atoms with Crippen LogP contribution in [0.1, 0.15) is 16.7 Å². The van der Waals surface area contributed by atoms with Crippen LogP contribution in [0.3, 0.4) is 0 Å². The number of rotatable bonds is 6. The maximum absolute atomic E-state index is 12.2. The van der Waals surface area contributed by atoms with Gasteiger partial charge in [0.1, 0.15) is 0 Å². The van der Waals surface area contributed by atoms with E-state index in [0.717, 1.165) is 22.7 Å². The lowest BCUT2D eigenvalue weighted by molar-refractivity contribution is -0.120. The van der Waals surface area contributed by atoms with Gasteiger partial charge in [0.15, 0.2) is 0 Å². The summed E-state index contributed by atoms with van der Waals surface area (Å²) in [6.07, 6.45) is 0. The first-order chi connectivity index (χ1) is 13.0. The fourth-order valence-electron chi connectivity index (χ4n) is 2.94. The molecule has 0 bridgehead atoms. The summed E-state index contributed by atoms with van der Waals surface area (Å²) in [5, 5.41) is 5.80. The summed E-state index contributed by atoms with van der Waals surface area (Å²) in [7, 11) is 0. The van der Waals surface area contributed by atoms with Crippen LogP contribution in [0.5, 0.6) is 0 Å². The van der Waals surface area contributed by atoms with Crippen molar-refractivity contribution in [1.29, 1.82) is 0 Å². The van der Waals surface area contributed by atoms with Gasteiger partial charge >= 0.3 is 0 Å². The molecule has 1 aliphatic heterocycles. The molecule has 1 fully saturated rings. The summed E-state index contributed by atoms with van der Waals surface area (Å²) in [6, 6.07) is 14.3. The SMILES string of the molecule is Cc1ccc(C)c(SCC(=O)NCc2ccc(N3CCNC(=O)C3)cc2)c1. The van der Waals surface area contributed by atoms with E-state index in [1.807, 2.05) is 24.3 Å². The number of hydrogen-bond acceptors (Lipinski definition) is 4. The van der Waals surface area contributed by atoms with E-state index in [1.54, 1.807) is 11.8 Å². The standard InChI is InChI=1S/C21H25N3O2S/c1-15-3-4-16(2)19(11-15)27-14-21(26)23-12-17-5-7-18(8-6-17)24-10-9-22-20(25)13-24/h3-8,11H,9-10,12-14H2,1-2H3,(H,22,25)(H,23,26). The average molecular weight is 384 g/mol. The highest BCUT2D eigenvalue weighted by Crippen LogP contribution is 2.23. The summed E-state index contributed by atoms with van der Waals surface area (Å²) in [6.45, 7) is 6.52. The Morgan fingerprint density at radius 3 is 2.70 bits per heavy atom. The van der Waals surface area contributed by atoms with Gasteiger partial charge in [-0.2, -0.15) is 0 Å². The number of piperazine rings is 1. The predicted molar refractivity (Wildman–Crippen MR) is 110 cm³/mol. The third-order valence-corrected chi connectivity index (χ3v) is 5.69. The number of hydrogen-bond donors (Lipinski definition) is 2. The second kappa shape index (κ2) is 8.95. The molecular weight excluding hydrogens is 358 g/mol. The Balaban J connectivity index is 1.47. The molecule has 0 aliphatic carbocycles. The fraction of sp³-hybridized carbons (Fsp3) is 0.333. The molecule has 0 unspecified atom stereocenters.